The lowest BCUT2D eigenvalue weighted by Gasteiger charge is -2.19. The zero-order chi connectivity index (χ0) is 10.7. The Bertz CT molecular complexity index is 315. The number of ether oxygens (including phenoxy) is 1. The summed E-state index contributed by atoms with van der Waals surface area (Å²) in [5, 5.41) is 2.93. The summed E-state index contributed by atoms with van der Waals surface area (Å²) < 4.78 is 5.51. The number of aromatic amines is 1. The van der Waals surface area contributed by atoms with Crippen LogP contribution in [0.5, 0.6) is 0 Å². The minimum Gasteiger partial charge on any atom is -0.376 e. The Morgan fingerprint density at radius 2 is 2.60 bits per heavy atom. The number of carbonyl (C=O) groups is 1. The van der Waals surface area contributed by atoms with Crippen molar-refractivity contribution in [2.75, 3.05) is 6.61 Å². The minimum absolute atomic E-state index is 0.0667. The molecule has 0 radical (unpaired) electrons. The van der Waals surface area contributed by atoms with E-state index >= 15 is 0 Å². The van der Waals surface area contributed by atoms with Crippen LogP contribution in [0.25, 0.3) is 0 Å². The quantitative estimate of drug-likeness (QED) is 0.787. The van der Waals surface area contributed by atoms with Gasteiger partial charge in [0.1, 0.15) is 5.69 Å². The molecule has 2 unspecified atom stereocenters. The van der Waals surface area contributed by atoms with Crippen LogP contribution in [-0.4, -0.2) is 29.6 Å². The second kappa shape index (κ2) is 4.49. The molecule has 0 spiro atoms. The molecule has 1 saturated heterocycles. The number of rotatable bonds is 3. The molecule has 1 aliphatic heterocycles. The molecule has 15 heavy (non-hydrogen) atoms. The van der Waals surface area contributed by atoms with Crippen LogP contribution in [0.15, 0.2) is 18.3 Å². The number of hydrogen-bond acceptors (Lipinski definition) is 2. The Hall–Kier alpha value is -1.29. The van der Waals surface area contributed by atoms with Crippen molar-refractivity contribution in [1.82, 2.24) is 10.3 Å². The highest BCUT2D eigenvalue weighted by atomic mass is 16.5. The van der Waals surface area contributed by atoms with Crippen LogP contribution in [0.3, 0.4) is 0 Å². The number of H-pyrrole nitrogens is 1. The second-order valence-electron chi connectivity index (χ2n) is 3.90. The van der Waals surface area contributed by atoms with E-state index in [1.165, 1.54) is 0 Å². The molecular weight excluding hydrogens is 192 g/mol. The maximum absolute atomic E-state index is 11.7. The fourth-order valence-electron chi connectivity index (χ4n) is 1.85. The van der Waals surface area contributed by atoms with Crippen molar-refractivity contribution in [3.8, 4) is 0 Å². The summed E-state index contributed by atoms with van der Waals surface area (Å²) >= 11 is 0. The first-order valence-electron chi connectivity index (χ1n) is 5.33. The average molecular weight is 208 g/mol. The number of hydrogen-bond donors (Lipinski definition) is 2. The van der Waals surface area contributed by atoms with E-state index in [1.54, 1.807) is 12.3 Å². The lowest BCUT2D eigenvalue weighted by molar-refractivity contribution is 0.0710. The van der Waals surface area contributed by atoms with Crippen molar-refractivity contribution >= 4 is 5.91 Å². The Labute approximate surface area is 89.0 Å². The molecule has 82 valence electrons. The molecule has 1 amide bonds. The summed E-state index contributed by atoms with van der Waals surface area (Å²) in [4.78, 5) is 14.6. The van der Waals surface area contributed by atoms with Crippen molar-refractivity contribution in [2.45, 2.75) is 31.9 Å². The molecule has 4 heteroatoms. The van der Waals surface area contributed by atoms with Crippen LogP contribution in [0.4, 0.5) is 0 Å². The normalized spacial score (nSPS) is 22.6. The largest absolute Gasteiger partial charge is 0.376 e. The first-order valence-corrected chi connectivity index (χ1v) is 5.33. The molecule has 0 saturated carbocycles. The van der Waals surface area contributed by atoms with Crippen molar-refractivity contribution in [1.29, 1.82) is 0 Å². The van der Waals surface area contributed by atoms with E-state index < -0.39 is 0 Å². The fraction of sp³-hybridized carbons (Fsp3) is 0.545. The molecule has 2 atom stereocenters. The molecule has 1 aliphatic rings. The third kappa shape index (κ3) is 2.39. The zero-order valence-corrected chi connectivity index (χ0v) is 8.82. The van der Waals surface area contributed by atoms with Gasteiger partial charge in [-0.05, 0) is 31.9 Å². The van der Waals surface area contributed by atoms with Crippen molar-refractivity contribution in [2.24, 2.45) is 0 Å². The van der Waals surface area contributed by atoms with Gasteiger partial charge < -0.3 is 15.0 Å². The van der Waals surface area contributed by atoms with Gasteiger partial charge in [0, 0.05) is 12.8 Å². The SMILES string of the molecule is CC(NC(=O)c1ccc[nH]1)C1CCCO1. The Kier molecular flexibility index (Phi) is 3.06. The van der Waals surface area contributed by atoms with Crippen molar-refractivity contribution in [3.05, 3.63) is 24.0 Å². The number of carbonyl (C=O) groups excluding carboxylic acids is 1. The zero-order valence-electron chi connectivity index (χ0n) is 8.82. The highest BCUT2D eigenvalue weighted by molar-refractivity contribution is 5.92. The first kappa shape index (κ1) is 10.2. The first-order chi connectivity index (χ1) is 7.27. The van der Waals surface area contributed by atoms with Crippen LogP contribution in [0.1, 0.15) is 30.3 Å². The summed E-state index contributed by atoms with van der Waals surface area (Å²) in [6.45, 7) is 2.80. The summed E-state index contributed by atoms with van der Waals surface area (Å²) in [5.74, 6) is -0.0667. The number of amides is 1. The molecule has 1 aromatic heterocycles. The van der Waals surface area contributed by atoms with Gasteiger partial charge in [0.25, 0.3) is 5.91 Å². The number of nitrogens with one attached hydrogen (secondary N) is 2. The predicted molar refractivity (Wildman–Crippen MR) is 56.7 cm³/mol. The maximum atomic E-state index is 11.7. The molecule has 4 nitrogen and oxygen atoms in total. The molecule has 2 heterocycles. The van der Waals surface area contributed by atoms with E-state index in [9.17, 15) is 4.79 Å². The van der Waals surface area contributed by atoms with Gasteiger partial charge >= 0.3 is 0 Å². The third-order valence-electron chi connectivity index (χ3n) is 2.72. The van der Waals surface area contributed by atoms with E-state index in [2.05, 4.69) is 10.3 Å². The van der Waals surface area contributed by atoms with Gasteiger partial charge in [0.15, 0.2) is 0 Å². The Balaban J connectivity index is 1.88. The monoisotopic (exact) mass is 208 g/mol. The number of aromatic nitrogens is 1. The van der Waals surface area contributed by atoms with Crippen molar-refractivity contribution < 1.29 is 9.53 Å². The average Bonchev–Trinajstić information content (AvgIpc) is 2.91. The van der Waals surface area contributed by atoms with E-state index in [0.29, 0.717) is 5.69 Å². The lowest BCUT2D eigenvalue weighted by Crippen LogP contribution is -2.40. The van der Waals surface area contributed by atoms with Crippen LogP contribution < -0.4 is 5.32 Å². The van der Waals surface area contributed by atoms with Crippen LogP contribution in [-0.2, 0) is 4.74 Å². The second-order valence-corrected chi connectivity index (χ2v) is 3.90. The lowest BCUT2D eigenvalue weighted by atomic mass is 10.1. The predicted octanol–water partition coefficient (Wildman–Crippen LogP) is 1.31. The molecule has 0 aromatic carbocycles. The maximum Gasteiger partial charge on any atom is 0.267 e. The standard InChI is InChI=1S/C11H16N2O2/c1-8(10-5-3-7-15-10)13-11(14)9-4-2-6-12-9/h2,4,6,8,10,12H,3,5,7H2,1H3,(H,13,14). The van der Waals surface area contributed by atoms with Crippen LogP contribution in [0.2, 0.25) is 0 Å². The summed E-state index contributed by atoms with van der Waals surface area (Å²) in [5.41, 5.74) is 0.597. The van der Waals surface area contributed by atoms with Gasteiger partial charge in [0.2, 0.25) is 0 Å². The fourth-order valence-corrected chi connectivity index (χ4v) is 1.85. The summed E-state index contributed by atoms with van der Waals surface area (Å²) in [7, 11) is 0. The molecule has 1 aromatic rings. The van der Waals surface area contributed by atoms with Crippen LogP contribution >= 0.6 is 0 Å². The highest BCUT2D eigenvalue weighted by Gasteiger charge is 2.23. The van der Waals surface area contributed by atoms with Gasteiger partial charge in [-0.1, -0.05) is 0 Å². The van der Waals surface area contributed by atoms with Gasteiger partial charge in [0.05, 0.1) is 12.1 Å². The molecule has 1 fully saturated rings. The molecule has 0 aliphatic carbocycles. The van der Waals surface area contributed by atoms with Gasteiger partial charge in [-0.2, -0.15) is 0 Å². The third-order valence-corrected chi connectivity index (χ3v) is 2.72. The summed E-state index contributed by atoms with van der Waals surface area (Å²) in [6, 6.07) is 3.65. The van der Waals surface area contributed by atoms with E-state index in [4.69, 9.17) is 4.74 Å². The highest BCUT2D eigenvalue weighted by Crippen LogP contribution is 2.15. The van der Waals surface area contributed by atoms with Crippen LogP contribution in [0, 0.1) is 0 Å². The Morgan fingerprint density at radius 1 is 1.73 bits per heavy atom. The molecule has 2 rings (SSSR count). The van der Waals surface area contributed by atoms with Crippen molar-refractivity contribution in [3.63, 3.8) is 0 Å². The minimum atomic E-state index is -0.0667. The summed E-state index contributed by atoms with van der Waals surface area (Å²) in [6.07, 6.45) is 4.04. The molecule has 2 N–H and O–H groups in total. The van der Waals surface area contributed by atoms with Gasteiger partial charge in [-0.15, -0.1) is 0 Å². The van der Waals surface area contributed by atoms with E-state index in [0.717, 1.165) is 19.4 Å². The smallest absolute Gasteiger partial charge is 0.267 e. The van der Waals surface area contributed by atoms with E-state index in [1.807, 2.05) is 13.0 Å². The van der Waals surface area contributed by atoms with Gasteiger partial charge in [-0.3, -0.25) is 4.79 Å². The molecule has 0 bridgehead atoms. The Morgan fingerprint density at radius 3 is 3.20 bits per heavy atom. The topological polar surface area (TPSA) is 54.1 Å². The van der Waals surface area contributed by atoms with E-state index in [-0.39, 0.29) is 18.1 Å². The van der Waals surface area contributed by atoms with Gasteiger partial charge in [-0.25, -0.2) is 0 Å². The molecular formula is C11H16N2O2.